The molecule has 0 aromatic heterocycles. The van der Waals surface area contributed by atoms with Crippen molar-refractivity contribution in [1.29, 1.82) is 0 Å². The zero-order valence-corrected chi connectivity index (χ0v) is 5.91. The Morgan fingerprint density at radius 3 is 2.14 bits per heavy atom. The lowest BCUT2D eigenvalue weighted by Gasteiger charge is -2.04. The molecule has 0 aliphatic rings. The monoisotopic (exact) mass is 222 g/mol. The van der Waals surface area contributed by atoms with E-state index in [0.29, 0.717) is 0 Å². The molecule has 0 aliphatic carbocycles. The highest BCUT2D eigenvalue weighted by Crippen LogP contribution is 2.22. The van der Waals surface area contributed by atoms with Crippen molar-refractivity contribution in [3.63, 3.8) is 0 Å². The molecule has 1 nitrogen and oxygen atoms in total. The number of alkyl halides is 3. The first-order valence-corrected chi connectivity index (χ1v) is 2.85. The quantitative estimate of drug-likeness (QED) is 0.512. The Morgan fingerprint density at radius 1 is 1.71 bits per heavy atom. The third kappa shape index (κ3) is 6.55. The van der Waals surface area contributed by atoms with Gasteiger partial charge in [-0.1, -0.05) is 0 Å². The van der Waals surface area contributed by atoms with Crippen molar-refractivity contribution in [3.05, 3.63) is 0 Å². The van der Waals surface area contributed by atoms with Crippen LogP contribution in [0.15, 0.2) is 0 Å². The Bertz CT molecular complexity index is 51.4. The van der Waals surface area contributed by atoms with E-state index in [9.17, 15) is 8.78 Å². The van der Waals surface area contributed by atoms with Gasteiger partial charge >= 0.3 is 4.12 Å². The second-order valence-electron chi connectivity index (χ2n) is 0.879. The van der Waals surface area contributed by atoms with Gasteiger partial charge in [-0.15, -0.1) is 0 Å². The van der Waals surface area contributed by atoms with E-state index in [1.165, 1.54) is 6.92 Å². The van der Waals surface area contributed by atoms with Crippen LogP contribution in [-0.2, 0) is 4.74 Å². The van der Waals surface area contributed by atoms with Gasteiger partial charge < -0.3 is 4.74 Å². The van der Waals surface area contributed by atoms with Crippen LogP contribution in [0.3, 0.4) is 0 Å². The zero-order chi connectivity index (χ0) is 5.91. The van der Waals surface area contributed by atoms with Crippen LogP contribution >= 0.6 is 22.6 Å². The smallest absolute Gasteiger partial charge is 0.312 e. The number of ether oxygens (including phenoxy) is 1. The summed E-state index contributed by atoms with van der Waals surface area (Å²) in [6, 6.07) is 0. The molecule has 0 rings (SSSR count). The third-order valence-electron chi connectivity index (χ3n) is 0.308. The first-order valence-electron chi connectivity index (χ1n) is 1.77. The maximum atomic E-state index is 11.5. The summed E-state index contributed by atoms with van der Waals surface area (Å²) in [5.41, 5.74) is 0. The number of hydrogen-bond donors (Lipinski definition) is 0. The molecule has 0 aliphatic heterocycles. The lowest BCUT2D eigenvalue weighted by atomic mass is 10.9. The molecule has 0 fully saturated rings. The lowest BCUT2D eigenvalue weighted by Crippen LogP contribution is -2.09. The van der Waals surface area contributed by atoms with Gasteiger partial charge in [-0.3, -0.25) is 0 Å². The normalized spacial score (nSPS) is 12.0. The molecule has 44 valence electrons. The lowest BCUT2D eigenvalue weighted by molar-refractivity contribution is -0.141. The molecular weight excluding hydrogens is 217 g/mol. The van der Waals surface area contributed by atoms with Crippen LogP contribution in [0.5, 0.6) is 0 Å². The summed E-state index contributed by atoms with van der Waals surface area (Å²) >= 11 is 0.921. The first-order chi connectivity index (χ1) is 3.06. The van der Waals surface area contributed by atoms with Gasteiger partial charge in [0.25, 0.3) is 0 Å². The molecule has 0 aromatic carbocycles. The molecule has 0 radical (unpaired) electrons. The van der Waals surface area contributed by atoms with E-state index in [0.717, 1.165) is 22.6 Å². The fraction of sp³-hybridized carbons (Fsp3) is 1.00. The van der Waals surface area contributed by atoms with E-state index in [2.05, 4.69) is 4.74 Å². The molecule has 4 heteroatoms. The Balaban J connectivity index is 3.15. The summed E-state index contributed by atoms with van der Waals surface area (Å²) in [6.07, 6.45) is 0. The summed E-state index contributed by atoms with van der Waals surface area (Å²) in [5.74, 6) is 0. The summed E-state index contributed by atoms with van der Waals surface area (Å²) in [5, 5.41) is 0. The Morgan fingerprint density at radius 2 is 2.14 bits per heavy atom. The third-order valence-corrected chi connectivity index (χ3v) is 0.619. The predicted molar refractivity (Wildman–Crippen MR) is 30.6 cm³/mol. The van der Waals surface area contributed by atoms with Crippen LogP contribution in [0.2, 0.25) is 0 Å². The van der Waals surface area contributed by atoms with Crippen LogP contribution in [0, 0.1) is 0 Å². The van der Waals surface area contributed by atoms with Crippen molar-refractivity contribution < 1.29 is 13.5 Å². The first kappa shape index (κ1) is 7.55. The van der Waals surface area contributed by atoms with E-state index >= 15 is 0 Å². The van der Waals surface area contributed by atoms with Gasteiger partial charge in [0.2, 0.25) is 0 Å². The van der Waals surface area contributed by atoms with Crippen LogP contribution in [0.25, 0.3) is 0 Å². The Kier molecular flexibility index (Phi) is 2.98. The van der Waals surface area contributed by atoms with Crippen molar-refractivity contribution in [3.8, 4) is 0 Å². The van der Waals surface area contributed by atoms with E-state index in [1.54, 1.807) is 0 Å². The Hall–Kier alpha value is 0.550. The van der Waals surface area contributed by atoms with Gasteiger partial charge in [0.05, 0.1) is 6.61 Å². The SMILES string of the molecule is CCOC(F)(F)I. The second kappa shape index (κ2) is 2.76. The molecule has 0 saturated carbocycles. The number of hydrogen-bond acceptors (Lipinski definition) is 1. The van der Waals surface area contributed by atoms with Gasteiger partial charge in [0, 0.05) is 22.6 Å². The van der Waals surface area contributed by atoms with E-state index in [-0.39, 0.29) is 6.61 Å². The maximum Gasteiger partial charge on any atom is 0.407 e. The molecule has 0 unspecified atom stereocenters. The van der Waals surface area contributed by atoms with E-state index in [1.807, 2.05) is 0 Å². The summed E-state index contributed by atoms with van der Waals surface area (Å²) in [7, 11) is 0. The highest BCUT2D eigenvalue weighted by Gasteiger charge is 2.22. The van der Waals surface area contributed by atoms with Crippen LogP contribution < -0.4 is 0 Å². The molecule has 0 saturated heterocycles. The predicted octanol–water partition coefficient (Wildman–Crippen LogP) is 2.01. The minimum absolute atomic E-state index is 0.0515. The summed E-state index contributed by atoms with van der Waals surface area (Å²) in [4.78, 5) is 0. The molecule has 0 heterocycles. The fourth-order valence-electron chi connectivity index (χ4n) is 0.164. The van der Waals surface area contributed by atoms with Crippen LogP contribution in [0.1, 0.15) is 6.92 Å². The van der Waals surface area contributed by atoms with E-state index in [4.69, 9.17) is 0 Å². The number of halogens is 3. The largest absolute Gasteiger partial charge is 0.407 e. The average molecular weight is 222 g/mol. The number of rotatable bonds is 2. The fourth-order valence-corrected chi connectivity index (χ4v) is 0.475. The minimum Gasteiger partial charge on any atom is -0.312 e. The van der Waals surface area contributed by atoms with Gasteiger partial charge in [-0.2, -0.15) is 8.78 Å². The average Bonchev–Trinajstić information content (AvgIpc) is 1.30. The van der Waals surface area contributed by atoms with Crippen molar-refractivity contribution in [2.75, 3.05) is 6.61 Å². The molecule has 0 spiro atoms. The van der Waals surface area contributed by atoms with Gasteiger partial charge in [0.1, 0.15) is 0 Å². The van der Waals surface area contributed by atoms with Crippen LogP contribution in [-0.4, -0.2) is 10.7 Å². The highest BCUT2D eigenvalue weighted by atomic mass is 127. The highest BCUT2D eigenvalue weighted by molar-refractivity contribution is 14.1. The van der Waals surface area contributed by atoms with E-state index < -0.39 is 4.12 Å². The maximum absolute atomic E-state index is 11.5. The van der Waals surface area contributed by atoms with Gasteiger partial charge in [-0.25, -0.2) is 0 Å². The van der Waals surface area contributed by atoms with Crippen molar-refractivity contribution in [1.82, 2.24) is 0 Å². The van der Waals surface area contributed by atoms with Crippen molar-refractivity contribution in [2.45, 2.75) is 11.0 Å². The molecule has 0 atom stereocenters. The molecular formula is C3H5F2IO. The van der Waals surface area contributed by atoms with Gasteiger partial charge in [-0.05, 0) is 6.92 Å². The molecule has 7 heavy (non-hydrogen) atoms. The molecule has 0 aromatic rings. The summed E-state index contributed by atoms with van der Waals surface area (Å²) in [6.45, 7) is 1.57. The Labute approximate surface area is 54.2 Å². The standard InChI is InChI=1S/C3H5F2IO/c1-2-7-3(4,5)6/h2H2,1H3. The summed E-state index contributed by atoms with van der Waals surface area (Å²) < 4.78 is 23.9. The zero-order valence-electron chi connectivity index (χ0n) is 3.75. The van der Waals surface area contributed by atoms with Crippen molar-refractivity contribution in [2.24, 2.45) is 0 Å². The minimum atomic E-state index is -2.98. The molecule has 0 amide bonds. The van der Waals surface area contributed by atoms with Crippen LogP contribution in [0.4, 0.5) is 8.78 Å². The molecule has 0 N–H and O–H groups in total. The van der Waals surface area contributed by atoms with Gasteiger partial charge in [0.15, 0.2) is 0 Å². The molecule has 0 bridgehead atoms. The second-order valence-corrected chi connectivity index (χ2v) is 2.13. The topological polar surface area (TPSA) is 9.23 Å². The van der Waals surface area contributed by atoms with Crippen molar-refractivity contribution >= 4 is 22.6 Å².